The van der Waals surface area contributed by atoms with Crippen molar-refractivity contribution in [3.05, 3.63) is 62.3 Å². The first-order chi connectivity index (χ1) is 20.1. The average Bonchev–Trinajstić information content (AvgIpc) is 3.82. The van der Waals surface area contributed by atoms with Gasteiger partial charge in [-0.2, -0.15) is 13.2 Å². The summed E-state index contributed by atoms with van der Waals surface area (Å²) < 4.78 is 80.0. The van der Waals surface area contributed by atoms with Crippen LogP contribution in [0.3, 0.4) is 0 Å². The Labute approximate surface area is 259 Å². The van der Waals surface area contributed by atoms with Gasteiger partial charge in [0.15, 0.2) is 0 Å². The van der Waals surface area contributed by atoms with E-state index >= 15 is 0 Å². The monoisotopic (exact) mass is 712 g/mol. The Bertz CT molecular complexity index is 1460. The molecule has 2 N–H and O–H groups in total. The standard InChI is InChI=1S/C26H29BrClFN2O4S.C2HF3O2/c27-19-4-3-18(23(28)11-19)14-31-9-7-16(8-10-31)15-35-25-13-24(29)22(12-21(25)17-1-2-17)26(32)30-36(33,34)20-5-6-20;3-2(4,5)1(6)7/h3-4,11-13,16-17,20H,1-2,5-10,14-15H2,(H,30,32);(H,6,7). The molecule has 236 valence electrons. The van der Waals surface area contributed by atoms with Crippen molar-refractivity contribution in [2.24, 2.45) is 5.92 Å². The van der Waals surface area contributed by atoms with Crippen molar-refractivity contribution in [3.8, 4) is 5.75 Å². The molecule has 0 bridgehead atoms. The number of aliphatic carboxylic acids is 1. The van der Waals surface area contributed by atoms with Crippen LogP contribution in [-0.4, -0.2) is 61.4 Å². The van der Waals surface area contributed by atoms with E-state index in [9.17, 15) is 30.8 Å². The molecule has 8 nitrogen and oxygen atoms in total. The lowest BCUT2D eigenvalue weighted by atomic mass is 9.97. The van der Waals surface area contributed by atoms with E-state index in [0.717, 1.165) is 65.9 Å². The van der Waals surface area contributed by atoms with E-state index in [1.54, 1.807) is 0 Å². The van der Waals surface area contributed by atoms with Crippen molar-refractivity contribution >= 4 is 49.4 Å². The zero-order valence-corrected chi connectivity index (χ0v) is 26.0. The van der Waals surface area contributed by atoms with E-state index in [1.165, 1.54) is 12.1 Å². The van der Waals surface area contributed by atoms with Crippen molar-refractivity contribution in [1.29, 1.82) is 0 Å². The highest BCUT2D eigenvalue weighted by molar-refractivity contribution is 9.10. The van der Waals surface area contributed by atoms with Gasteiger partial charge in [-0.1, -0.05) is 33.6 Å². The fraction of sp³-hybridized carbons (Fsp3) is 0.500. The molecule has 1 aliphatic heterocycles. The Morgan fingerprint density at radius 1 is 1.07 bits per heavy atom. The Kier molecular flexibility index (Phi) is 10.7. The van der Waals surface area contributed by atoms with Crippen molar-refractivity contribution < 1.29 is 45.4 Å². The van der Waals surface area contributed by atoms with Gasteiger partial charge in [0.25, 0.3) is 5.91 Å². The molecule has 0 spiro atoms. The second-order valence-corrected chi connectivity index (χ2v) is 14.2. The first-order valence-electron chi connectivity index (χ1n) is 13.6. The Balaban J connectivity index is 0.000000541. The van der Waals surface area contributed by atoms with Crippen molar-refractivity contribution in [3.63, 3.8) is 0 Å². The third-order valence-electron chi connectivity index (χ3n) is 7.39. The molecule has 3 fully saturated rings. The van der Waals surface area contributed by atoms with E-state index in [1.807, 2.05) is 22.9 Å². The molecule has 15 heteroatoms. The molecule has 1 saturated heterocycles. The fourth-order valence-corrected chi connectivity index (χ4v) is 6.66. The Hall–Kier alpha value is -2.42. The van der Waals surface area contributed by atoms with Gasteiger partial charge in [-0.15, -0.1) is 0 Å². The van der Waals surface area contributed by atoms with Crippen LogP contribution in [0, 0.1) is 11.7 Å². The second kappa shape index (κ2) is 13.7. The summed E-state index contributed by atoms with van der Waals surface area (Å²) in [5.74, 6) is -3.41. The highest BCUT2D eigenvalue weighted by atomic mass is 79.9. The summed E-state index contributed by atoms with van der Waals surface area (Å²) in [5, 5.41) is 7.33. The number of nitrogens with zero attached hydrogens (tertiary/aromatic N) is 1. The van der Waals surface area contributed by atoms with Crippen LogP contribution in [0.5, 0.6) is 5.75 Å². The third kappa shape index (κ3) is 9.53. The minimum absolute atomic E-state index is 0.213. The number of carboxylic acid groups (broad SMARTS) is 1. The summed E-state index contributed by atoms with van der Waals surface area (Å²) in [6, 6.07) is 8.68. The van der Waals surface area contributed by atoms with Crippen LogP contribution >= 0.6 is 27.5 Å². The lowest BCUT2D eigenvalue weighted by molar-refractivity contribution is -0.192. The number of carbonyl (C=O) groups excluding carboxylic acids is 1. The number of hydrogen-bond donors (Lipinski definition) is 2. The quantitative estimate of drug-likeness (QED) is 0.295. The average molecular weight is 714 g/mol. The lowest BCUT2D eigenvalue weighted by Gasteiger charge is -2.32. The fourth-order valence-electron chi connectivity index (χ4n) is 4.64. The highest BCUT2D eigenvalue weighted by Crippen LogP contribution is 2.45. The summed E-state index contributed by atoms with van der Waals surface area (Å²) in [6.07, 6.45) is -0.200. The summed E-state index contributed by atoms with van der Waals surface area (Å²) in [5.41, 5.74) is 1.65. The minimum Gasteiger partial charge on any atom is -0.493 e. The van der Waals surface area contributed by atoms with Gasteiger partial charge in [0.05, 0.1) is 17.4 Å². The number of ether oxygens (including phenoxy) is 1. The molecule has 2 aromatic carbocycles. The predicted octanol–water partition coefficient (Wildman–Crippen LogP) is 6.27. The maximum Gasteiger partial charge on any atom is 0.490 e. The Morgan fingerprint density at radius 2 is 1.70 bits per heavy atom. The zero-order valence-electron chi connectivity index (χ0n) is 22.8. The van der Waals surface area contributed by atoms with Crippen molar-refractivity contribution in [1.82, 2.24) is 9.62 Å². The van der Waals surface area contributed by atoms with Gasteiger partial charge in [0.2, 0.25) is 10.0 Å². The number of alkyl halides is 3. The molecular formula is C28H30BrClF4N2O6S. The molecule has 3 aliphatic rings. The number of amides is 1. The number of nitrogens with one attached hydrogen (secondary N) is 1. The first kappa shape index (κ1) is 33.5. The molecular weight excluding hydrogens is 684 g/mol. The topological polar surface area (TPSA) is 113 Å². The number of benzene rings is 2. The first-order valence-corrected chi connectivity index (χ1v) is 16.3. The summed E-state index contributed by atoms with van der Waals surface area (Å²) >= 11 is 9.81. The third-order valence-corrected chi connectivity index (χ3v) is 10.1. The molecule has 0 aromatic heterocycles. The van der Waals surface area contributed by atoms with Gasteiger partial charge in [0.1, 0.15) is 11.6 Å². The van der Waals surface area contributed by atoms with Crippen LogP contribution < -0.4 is 9.46 Å². The van der Waals surface area contributed by atoms with Gasteiger partial charge >= 0.3 is 12.1 Å². The van der Waals surface area contributed by atoms with Gasteiger partial charge in [-0.05, 0) is 92.8 Å². The molecule has 1 amide bonds. The molecule has 0 unspecified atom stereocenters. The molecule has 1 heterocycles. The van der Waals surface area contributed by atoms with Gasteiger partial charge in [-0.3, -0.25) is 9.69 Å². The van der Waals surface area contributed by atoms with E-state index in [-0.39, 0.29) is 11.5 Å². The van der Waals surface area contributed by atoms with Crippen molar-refractivity contribution in [2.45, 2.75) is 62.4 Å². The summed E-state index contributed by atoms with van der Waals surface area (Å²) in [6.45, 7) is 3.14. The second-order valence-electron chi connectivity index (χ2n) is 10.9. The van der Waals surface area contributed by atoms with Crippen LogP contribution in [0.15, 0.2) is 34.8 Å². The number of rotatable bonds is 9. The van der Waals surface area contributed by atoms with Gasteiger partial charge < -0.3 is 9.84 Å². The minimum atomic E-state index is -5.08. The van der Waals surface area contributed by atoms with Crippen LogP contribution in [0.4, 0.5) is 17.6 Å². The van der Waals surface area contributed by atoms with Crippen LogP contribution in [0.25, 0.3) is 0 Å². The number of likely N-dealkylation sites (tertiary alicyclic amines) is 1. The highest BCUT2D eigenvalue weighted by Gasteiger charge is 2.39. The Morgan fingerprint density at radius 3 is 2.23 bits per heavy atom. The maximum atomic E-state index is 14.9. The van der Waals surface area contributed by atoms with Crippen LogP contribution in [0.2, 0.25) is 5.02 Å². The van der Waals surface area contributed by atoms with Gasteiger partial charge in [0, 0.05) is 22.1 Å². The lowest BCUT2D eigenvalue weighted by Crippen LogP contribution is -2.35. The van der Waals surface area contributed by atoms with E-state index < -0.39 is 39.1 Å². The van der Waals surface area contributed by atoms with Crippen LogP contribution in [-0.2, 0) is 21.4 Å². The molecule has 43 heavy (non-hydrogen) atoms. The smallest absolute Gasteiger partial charge is 0.490 e. The molecule has 2 saturated carbocycles. The van der Waals surface area contributed by atoms with Crippen LogP contribution in [0.1, 0.15) is 65.9 Å². The number of halogens is 6. The summed E-state index contributed by atoms with van der Waals surface area (Å²) in [7, 11) is -3.74. The zero-order chi connectivity index (χ0) is 31.5. The summed E-state index contributed by atoms with van der Waals surface area (Å²) in [4.78, 5) is 23.8. The number of carbonyl (C=O) groups is 2. The molecule has 0 radical (unpaired) electrons. The molecule has 2 aliphatic carbocycles. The molecule has 5 rings (SSSR count). The predicted molar refractivity (Wildman–Crippen MR) is 154 cm³/mol. The largest absolute Gasteiger partial charge is 0.493 e. The number of carboxylic acids is 1. The molecule has 2 aromatic rings. The van der Waals surface area contributed by atoms with Crippen molar-refractivity contribution in [2.75, 3.05) is 19.7 Å². The van der Waals surface area contributed by atoms with E-state index in [0.29, 0.717) is 31.1 Å². The van der Waals surface area contributed by atoms with E-state index in [2.05, 4.69) is 20.8 Å². The SMILES string of the molecule is O=C(NS(=O)(=O)C1CC1)c1cc(C2CC2)c(OCC2CCN(Cc3ccc(Br)cc3Cl)CC2)cc1F.O=C(O)C(F)(F)F. The number of hydrogen-bond acceptors (Lipinski definition) is 6. The molecule has 0 atom stereocenters. The maximum absolute atomic E-state index is 14.9. The normalized spacial score (nSPS) is 18.0. The van der Waals surface area contributed by atoms with Gasteiger partial charge in [-0.25, -0.2) is 22.3 Å². The van der Waals surface area contributed by atoms with E-state index in [4.69, 9.17) is 26.2 Å². The number of sulfonamides is 1. The number of piperidine rings is 1.